The van der Waals surface area contributed by atoms with Gasteiger partial charge in [-0.15, -0.1) is 0 Å². The summed E-state index contributed by atoms with van der Waals surface area (Å²) in [6, 6.07) is 8.74. The van der Waals surface area contributed by atoms with Gasteiger partial charge in [-0.1, -0.05) is 23.7 Å². The Morgan fingerprint density at radius 1 is 1.37 bits per heavy atom. The summed E-state index contributed by atoms with van der Waals surface area (Å²) in [5, 5.41) is 22.3. The number of anilines is 1. The summed E-state index contributed by atoms with van der Waals surface area (Å²) in [7, 11) is 1.44. The Kier molecular flexibility index (Phi) is 7.75. The second-order valence-corrected chi connectivity index (χ2v) is 8.86. The zero-order valence-corrected chi connectivity index (χ0v) is 20.0. The number of alkyl halides is 1. The van der Waals surface area contributed by atoms with Crippen molar-refractivity contribution in [3.63, 3.8) is 0 Å². The molecule has 0 radical (unpaired) electrons. The zero-order valence-electron chi connectivity index (χ0n) is 19.3. The second-order valence-electron chi connectivity index (χ2n) is 8.42. The number of ether oxygens (including phenoxy) is 2. The lowest BCUT2D eigenvalue weighted by Crippen LogP contribution is -2.52. The lowest BCUT2D eigenvalue weighted by atomic mass is 10.1. The van der Waals surface area contributed by atoms with Crippen LogP contribution >= 0.6 is 11.6 Å². The van der Waals surface area contributed by atoms with E-state index in [4.69, 9.17) is 25.5 Å². The lowest BCUT2D eigenvalue weighted by molar-refractivity contribution is -0.0957. The molecular formula is C24H27ClFN3O6. The standard InChI is InChI=1S/C24H27ClFN3O6/c1-13-11-29(17(12-34-13)9-21(30)31)23(32)15-7-18-22(20(8-15)33-2)35-24(27-18)28-19(10-26)14-4-3-5-16(25)6-14/h3-8,13,17,19,21,30-31H,9-12H2,1-2H3,(H,27,28)/t13?,17-,19?/m0/s1. The van der Waals surface area contributed by atoms with Crippen molar-refractivity contribution in [2.24, 2.45) is 0 Å². The van der Waals surface area contributed by atoms with Crippen LogP contribution in [-0.2, 0) is 4.74 Å². The maximum absolute atomic E-state index is 13.8. The highest BCUT2D eigenvalue weighted by molar-refractivity contribution is 6.30. The summed E-state index contributed by atoms with van der Waals surface area (Å²) in [5.74, 6) is -0.0462. The number of aromatic nitrogens is 1. The van der Waals surface area contributed by atoms with Crippen LogP contribution in [-0.4, -0.2) is 71.4 Å². The molecule has 0 bridgehead atoms. The first-order chi connectivity index (χ1) is 16.8. The minimum atomic E-state index is -1.57. The van der Waals surface area contributed by atoms with E-state index in [0.29, 0.717) is 28.2 Å². The Labute approximate surface area is 206 Å². The molecule has 1 saturated heterocycles. The van der Waals surface area contributed by atoms with Gasteiger partial charge in [0.25, 0.3) is 11.9 Å². The topological polar surface area (TPSA) is 117 Å². The molecule has 0 aliphatic carbocycles. The molecule has 1 amide bonds. The molecule has 35 heavy (non-hydrogen) atoms. The normalized spacial score (nSPS) is 19.2. The average molecular weight is 508 g/mol. The highest BCUT2D eigenvalue weighted by atomic mass is 35.5. The van der Waals surface area contributed by atoms with E-state index in [1.807, 2.05) is 6.92 Å². The number of hydrogen-bond donors (Lipinski definition) is 3. The second kappa shape index (κ2) is 10.8. The van der Waals surface area contributed by atoms with Gasteiger partial charge in [0.05, 0.1) is 31.9 Å². The number of aliphatic hydroxyl groups is 2. The van der Waals surface area contributed by atoms with E-state index in [9.17, 15) is 19.4 Å². The molecule has 2 aromatic carbocycles. The molecule has 2 heterocycles. The number of hydrogen-bond acceptors (Lipinski definition) is 8. The maximum Gasteiger partial charge on any atom is 0.296 e. The molecule has 11 heteroatoms. The number of halogens is 2. The van der Waals surface area contributed by atoms with Crippen molar-refractivity contribution in [2.75, 3.05) is 32.3 Å². The third kappa shape index (κ3) is 5.67. The number of aliphatic hydroxyl groups excluding tert-OH is 1. The summed E-state index contributed by atoms with van der Waals surface area (Å²) in [6.45, 7) is 1.59. The fraction of sp³-hybridized carbons (Fsp3) is 0.417. The van der Waals surface area contributed by atoms with Gasteiger partial charge in [-0.3, -0.25) is 4.79 Å². The van der Waals surface area contributed by atoms with Crippen LogP contribution in [0.5, 0.6) is 5.75 Å². The van der Waals surface area contributed by atoms with Crippen LogP contribution in [0.2, 0.25) is 5.02 Å². The van der Waals surface area contributed by atoms with E-state index in [2.05, 4.69) is 10.3 Å². The number of nitrogens with one attached hydrogen (secondary N) is 1. The smallest absolute Gasteiger partial charge is 0.296 e. The molecule has 1 aromatic heterocycles. The Morgan fingerprint density at radius 3 is 2.86 bits per heavy atom. The summed E-state index contributed by atoms with van der Waals surface area (Å²) in [4.78, 5) is 19.4. The largest absolute Gasteiger partial charge is 0.493 e. The number of methoxy groups -OCH3 is 1. The molecule has 1 aliphatic heterocycles. The zero-order chi connectivity index (χ0) is 25.1. The van der Waals surface area contributed by atoms with Crippen molar-refractivity contribution in [1.82, 2.24) is 9.88 Å². The molecule has 3 N–H and O–H groups in total. The molecule has 188 valence electrons. The highest BCUT2D eigenvalue weighted by Gasteiger charge is 2.33. The van der Waals surface area contributed by atoms with E-state index in [-0.39, 0.29) is 42.4 Å². The van der Waals surface area contributed by atoms with Crippen LogP contribution in [0.4, 0.5) is 10.4 Å². The van der Waals surface area contributed by atoms with Crippen LogP contribution in [0.15, 0.2) is 40.8 Å². The summed E-state index contributed by atoms with van der Waals surface area (Å²) < 4.78 is 30.6. The predicted molar refractivity (Wildman–Crippen MR) is 127 cm³/mol. The number of carbonyl (C=O) groups excluding carboxylic acids is 1. The van der Waals surface area contributed by atoms with Gasteiger partial charge in [-0.2, -0.15) is 4.98 Å². The minimum absolute atomic E-state index is 0.0377. The van der Waals surface area contributed by atoms with Gasteiger partial charge in [-0.25, -0.2) is 4.39 Å². The molecule has 2 unspecified atom stereocenters. The molecule has 0 saturated carbocycles. The van der Waals surface area contributed by atoms with Gasteiger partial charge < -0.3 is 34.3 Å². The van der Waals surface area contributed by atoms with Gasteiger partial charge in [0.2, 0.25) is 0 Å². The van der Waals surface area contributed by atoms with E-state index >= 15 is 0 Å². The molecule has 1 aliphatic rings. The number of oxazole rings is 1. The van der Waals surface area contributed by atoms with Gasteiger partial charge in [-0.05, 0) is 36.8 Å². The van der Waals surface area contributed by atoms with Crippen molar-refractivity contribution in [1.29, 1.82) is 0 Å². The first kappa shape index (κ1) is 25.2. The van der Waals surface area contributed by atoms with Crippen molar-refractivity contribution in [3.8, 4) is 5.75 Å². The van der Waals surface area contributed by atoms with Crippen LogP contribution < -0.4 is 10.1 Å². The van der Waals surface area contributed by atoms with Crippen molar-refractivity contribution < 1.29 is 33.3 Å². The summed E-state index contributed by atoms with van der Waals surface area (Å²) in [6.07, 6.45) is -1.82. The van der Waals surface area contributed by atoms with Crippen molar-refractivity contribution >= 4 is 34.6 Å². The van der Waals surface area contributed by atoms with E-state index in [0.717, 1.165) is 0 Å². The highest BCUT2D eigenvalue weighted by Crippen LogP contribution is 2.33. The SMILES string of the molecule is COc1cc(C(=O)N2CC(C)OC[C@@H]2CC(O)O)cc2nc(NC(CF)c3cccc(Cl)c3)oc12. The minimum Gasteiger partial charge on any atom is -0.493 e. The third-order valence-corrected chi connectivity index (χ3v) is 6.07. The Bertz CT molecular complexity index is 1190. The van der Waals surface area contributed by atoms with Crippen LogP contribution in [0, 0.1) is 0 Å². The predicted octanol–water partition coefficient (Wildman–Crippen LogP) is 3.54. The van der Waals surface area contributed by atoms with E-state index < -0.39 is 25.0 Å². The maximum atomic E-state index is 13.8. The quantitative estimate of drug-likeness (QED) is 0.396. The summed E-state index contributed by atoms with van der Waals surface area (Å²) in [5.41, 5.74) is 1.56. The fourth-order valence-electron chi connectivity index (χ4n) is 4.12. The van der Waals surface area contributed by atoms with Gasteiger partial charge in [0, 0.05) is 23.6 Å². The first-order valence-corrected chi connectivity index (χ1v) is 11.5. The Hall–Kier alpha value is -2.92. The number of rotatable bonds is 8. The molecule has 0 spiro atoms. The molecular weight excluding hydrogens is 481 g/mol. The molecule has 3 aromatic rings. The number of benzene rings is 2. The molecule has 9 nitrogen and oxygen atoms in total. The number of nitrogens with zero attached hydrogens (tertiary/aromatic N) is 2. The molecule has 3 atom stereocenters. The van der Waals surface area contributed by atoms with E-state index in [1.54, 1.807) is 35.2 Å². The average Bonchev–Trinajstić information content (AvgIpc) is 3.25. The van der Waals surface area contributed by atoms with Gasteiger partial charge in [0.15, 0.2) is 17.6 Å². The first-order valence-electron chi connectivity index (χ1n) is 11.1. The van der Waals surface area contributed by atoms with Crippen LogP contribution in [0.1, 0.15) is 35.3 Å². The monoisotopic (exact) mass is 507 g/mol. The third-order valence-electron chi connectivity index (χ3n) is 5.84. The summed E-state index contributed by atoms with van der Waals surface area (Å²) >= 11 is 6.03. The molecule has 1 fully saturated rings. The fourth-order valence-corrected chi connectivity index (χ4v) is 4.32. The Balaban J connectivity index is 1.63. The number of fused-ring (bicyclic) bond motifs is 1. The van der Waals surface area contributed by atoms with Crippen molar-refractivity contribution in [2.45, 2.75) is 37.8 Å². The van der Waals surface area contributed by atoms with Gasteiger partial charge in [0.1, 0.15) is 12.2 Å². The Morgan fingerprint density at radius 2 is 2.17 bits per heavy atom. The van der Waals surface area contributed by atoms with Crippen LogP contribution in [0.3, 0.4) is 0 Å². The van der Waals surface area contributed by atoms with E-state index in [1.165, 1.54) is 13.2 Å². The number of amides is 1. The van der Waals surface area contributed by atoms with Crippen molar-refractivity contribution in [3.05, 3.63) is 52.5 Å². The van der Waals surface area contributed by atoms with Gasteiger partial charge >= 0.3 is 0 Å². The molecule has 4 rings (SSSR count). The van der Waals surface area contributed by atoms with Crippen LogP contribution in [0.25, 0.3) is 11.1 Å². The lowest BCUT2D eigenvalue weighted by Gasteiger charge is -2.39. The number of morpholine rings is 1. The number of carbonyl (C=O) groups is 1.